The summed E-state index contributed by atoms with van der Waals surface area (Å²) in [6, 6.07) is 23.4. The van der Waals surface area contributed by atoms with E-state index in [-0.39, 0.29) is 33.8 Å². The maximum Gasteiger partial charge on any atom is 0.328 e. The summed E-state index contributed by atoms with van der Waals surface area (Å²) in [4.78, 5) is 36.5. The Balaban J connectivity index is 0.000000164. The second-order valence-corrected chi connectivity index (χ2v) is 12.6. The number of piperidine rings is 1. The van der Waals surface area contributed by atoms with Crippen LogP contribution in [-0.2, 0) is 9.59 Å². The standard InChI is InChI=1S/C19H19NS.C15H10O7.C4H4O4/c1-20-12-10-14(11-13-20)19-15-6-2-4-8-17(15)21-18-9-5-3-7-16(18)19;16-7-4-10(19)12-11(5-7)22-15(14(21)13(12)20)6-1-2-8(17)9(18)3-6;5-3(6)1-2-4(7)8/h2-9H,10-13H2,1H3;1-5,16-19,21H;1-2H,(H,5,6)(H,7,8). The number of hydrogen-bond donors (Lipinski definition) is 7. The molecule has 2 aliphatic rings. The second-order valence-electron chi connectivity index (χ2n) is 11.5. The van der Waals surface area contributed by atoms with Gasteiger partial charge in [-0.1, -0.05) is 53.7 Å². The molecule has 12 nitrogen and oxygen atoms in total. The Morgan fingerprint density at radius 1 is 0.745 bits per heavy atom. The highest BCUT2D eigenvalue weighted by molar-refractivity contribution is 7.99. The van der Waals surface area contributed by atoms with Crippen LogP contribution < -0.4 is 5.43 Å². The predicted octanol–water partition coefficient (Wildman–Crippen LogP) is 6.38. The number of rotatable bonds is 3. The number of carbonyl (C=O) groups is 2. The van der Waals surface area contributed by atoms with Crippen LogP contribution in [-0.4, -0.2) is 72.7 Å². The number of carboxylic acids is 2. The number of phenolic OH excluding ortho intramolecular Hbond substituents is 4. The molecule has 0 bridgehead atoms. The van der Waals surface area contributed by atoms with Crippen molar-refractivity contribution in [2.45, 2.75) is 22.6 Å². The molecule has 7 N–H and O–H groups in total. The molecule has 1 fully saturated rings. The first kappa shape index (κ1) is 36.1. The first-order valence-corrected chi connectivity index (χ1v) is 16.3. The van der Waals surface area contributed by atoms with Crippen molar-refractivity contribution in [2.24, 2.45) is 0 Å². The predicted molar refractivity (Wildman–Crippen MR) is 190 cm³/mol. The molecule has 0 saturated carbocycles. The van der Waals surface area contributed by atoms with Crippen LogP contribution in [0.3, 0.4) is 0 Å². The summed E-state index contributed by atoms with van der Waals surface area (Å²) in [5, 5.41) is 63.3. The highest BCUT2D eigenvalue weighted by Gasteiger charge is 2.25. The molecule has 2 aliphatic heterocycles. The highest BCUT2D eigenvalue weighted by Crippen LogP contribution is 2.47. The topological polar surface area (TPSA) is 209 Å². The van der Waals surface area contributed by atoms with Crippen LogP contribution in [0.2, 0.25) is 0 Å². The number of hydrogen-bond acceptors (Lipinski definition) is 11. The average Bonchev–Trinajstić information content (AvgIpc) is 3.10. The number of carboxylic acid groups (broad SMARTS) is 2. The van der Waals surface area contributed by atoms with Gasteiger partial charge in [0.25, 0.3) is 0 Å². The van der Waals surface area contributed by atoms with Crippen LogP contribution in [0.15, 0.2) is 116 Å². The summed E-state index contributed by atoms with van der Waals surface area (Å²) < 4.78 is 5.35. The van der Waals surface area contributed by atoms with Crippen molar-refractivity contribution in [2.75, 3.05) is 20.1 Å². The van der Waals surface area contributed by atoms with Gasteiger partial charge in [-0.05, 0) is 66.9 Å². The van der Waals surface area contributed by atoms with Crippen molar-refractivity contribution in [3.8, 4) is 40.1 Å². The van der Waals surface area contributed by atoms with E-state index in [1.165, 1.54) is 58.5 Å². The Kier molecular flexibility index (Phi) is 11.0. The summed E-state index contributed by atoms with van der Waals surface area (Å²) >= 11 is 1.91. The van der Waals surface area contributed by atoms with E-state index in [4.69, 9.17) is 14.6 Å². The van der Waals surface area contributed by atoms with Crippen LogP contribution >= 0.6 is 11.8 Å². The average molecular weight is 712 g/mol. The third kappa shape index (κ3) is 8.35. The molecule has 7 rings (SSSR count). The van der Waals surface area contributed by atoms with Crippen LogP contribution in [0, 0.1) is 0 Å². The molecular weight excluding hydrogens is 678 g/mol. The zero-order valence-corrected chi connectivity index (χ0v) is 27.9. The lowest BCUT2D eigenvalue weighted by Crippen LogP contribution is -2.27. The Bertz CT molecular complexity index is 2180. The molecule has 0 unspecified atom stereocenters. The van der Waals surface area contributed by atoms with E-state index in [0.29, 0.717) is 12.2 Å². The molecule has 1 saturated heterocycles. The van der Waals surface area contributed by atoms with Crippen molar-refractivity contribution in [1.82, 2.24) is 4.90 Å². The van der Waals surface area contributed by atoms with E-state index >= 15 is 0 Å². The lowest BCUT2D eigenvalue weighted by Gasteiger charge is -2.30. The largest absolute Gasteiger partial charge is 0.508 e. The summed E-state index contributed by atoms with van der Waals surface area (Å²) in [5.41, 5.74) is 5.11. The Morgan fingerprint density at radius 2 is 1.31 bits per heavy atom. The molecule has 0 amide bonds. The zero-order valence-electron chi connectivity index (χ0n) is 27.1. The SMILES string of the molecule is CN1CCC(=C2c3ccccc3Sc3ccccc32)CC1.O=C(O)C=CC(=O)O.O=c1c(O)c(-c2ccc(O)c(O)c2)oc2cc(O)cc(O)c12. The molecule has 0 aliphatic carbocycles. The van der Waals surface area contributed by atoms with Crippen molar-refractivity contribution in [1.29, 1.82) is 0 Å². The Labute approximate surface area is 295 Å². The van der Waals surface area contributed by atoms with Crippen LogP contribution in [0.5, 0.6) is 28.7 Å². The van der Waals surface area contributed by atoms with E-state index in [9.17, 15) is 39.9 Å². The van der Waals surface area contributed by atoms with E-state index in [2.05, 4.69) is 60.5 Å². The molecule has 0 radical (unpaired) electrons. The number of aliphatic carboxylic acids is 2. The molecule has 5 aromatic rings. The first-order valence-electron chi connectivity index (χ1n) is 15.5. The lowest BCUT2D eigenvalue weighted by molar-refractivity contribution is -0.134. The smallest absolute Gasteiger partial charge is 0.328 e. The monoisotopic (exact) mass is 711 g/mol. The molecular formula is C38H33NO11S. The fourth-order valence-electron chi connectivity index (χ4n) is 5.59. The normalized spacial score (nSPS) is 13.7. The van der Waals surface area contributed by atoms with Gasteiger partial charge in [0, 0.05) is 52.7 Å². The van der Waals surface area contributed by atoms with Gasteiger partial charge >= 0.3 is 11.9 Å². The third-order valence-corrected chi connectivity index (χ3v) is 9.17. The summed E-state index contributed by atoms with van der Waals surface area (Å²) in [6.45, 7) is 2.35. The second kappa shape index (κ2) is 15.6. The van der Waals surface area contributed by atoms with Crippen molar-refractivity contribution >= 4 is 40.2 Å². The van der Waals surface area contributed by atoms with Gasteiger partial charge < -0.3 is 45.1 Å². The molecule has 4 aromatic carbocycles. The lowest BCUT2D eigenvalue weighted by atomic mass is 9.88. The number of fused-ring (bicyclic) bond motifs is 3. The van der Waals surface area contributed by atoms with Gasteiger partial charge in [0.05, 0.1) is 0 Å². The van der Waals surface area contributed by atoms with Crippen molar-refractivity contribution < 1.29 is 49.8 Å². The summed E-state index contributed by atoms with van der Waals surface area (Å²) in [7, 11) is 2.22. The van der Waals surface area contributed by atoms with Gasteiger partial charge in [0.2, 0.25) is 11.2 Å². The minimum absolute atomic E-state index is 0.134. The highest BCUT2D eigenvalue weighted by atomic mass is 32.2. The molecule has 0 atom stereocenters. The van der Waals surface area contributed by atoms with E-state index in [0.717, 1.165) is 24.3 Å². The minimum atomic E-state index is -1.26. The minimum Gasteiger partial charge on any atom is -0.508 e. The summed E-state index contributed by atoms with van der Waals surface area (Å²) in [6.07, 6.45) is 3.50. The fourth-order valence-corrected chi connectivity index (χ4v) is 6.68. The number of benzene rings is 4. The number of aromatic hydroxyl groups is 5. The Hall–Kier alpha value is -6.18. The van der Waals surface area contributed by atoms with Gasteiger partial charge in [-0.2, -0.15) is 0 Å². The van der Waals surface area contributed by atoms with Crippen LogP contribution in [0.4, 0.5) is 0 Å². The maximum atomic E-state index is 12.1. The van der Waals surface area contributed by atoms with Gasteiger partial charge in [-0.15, -0.1) is 0 Å². The summed E-state index contributed by atoms with van der Waals surface area (Å²) in [5.74, 6) is -5.23. The number of nitrogens with zero attached hydrogens (tertiary/aromatic N) is 1. The molecule has 1 aromatic heterocycles. The fraction of sp³-hybridized carbons (Fsp3) is 0.132. The van der Waals surface area contributed by atoms with Gasteiger partial charge in [0.1, 0.15) is 22.5 Å². The number of phenols is 4. The van der Waals surface area contributed by atoms with Crippen molar-refractivity contribution in [3.63, 3.8) is 0 Å². The molecule has 0 spiro atoms. The van der Waals surface area contributed by atoms with Crippen LogP contribution in [0.25, 0.3) is 27.9 Å². The third-order valence-electron chi connectivity index (χ3n) is 8.02. The van der Waals surface area contributed by atoms with Gasteiger partial charge in [-0.25, -0.2) is 9.59 Å². The molecule has 13 heteroatoms. The quantitative estimate of drug-likeness (QED) is 0.0786. The van der Waals surface area contributed by atoms with Gasteiger partial charge in [0.15, 0.2) is 17.3 Å². The number of likely N-dealkylation sites (tertiary alicyclic amines) is 1. The Morgan fingerprint density at radius 3 is 1.86 bits per heavy atom. The zero-order chi connectivity index (χ0) is 36.8. The molecule has 262 valence electrons. The maximum absolute atomic E-state index is 12.1. The molecule has 51 heavy (non-hydrogen) atoms. The van der Waals surface area contributed by atoms with Gasteiger partial charge in [-0.3, -0.25) is 4.79 Å². The van der Waals surface area contributed by atoms with E-state index in [1.54, 1.807) is 5.57 Å². The molecule has 3 heterocycles. The first-order chi connectivity index (χ1) is 24.3. The van der Waals surface area contributed by atoms with Crippen molar-refractivity contribution in [3.05, 3.63) is 118 Å². The van der Waals surface area contributed by atoms with E-state index in [1.807, 2.05) is 11.8 Å². The van der Waals surface area contributed by atoms with Crippen LogP contribution in [0.1, 0.15) is 24.0 Å². The van der Waals surface area contributed by atoms with E-state index < -0.39 is 34.6 Å².